The Morgan fingerprint density at radius 2 is 0.952 bits per heavy atom. The molecule has 1 unspecified atom stereocenters. The Morgan fingerprint density at radius 1 is 0.595 bits per heavy atom. The summed E-state index contributed by atoms with van der Waals surface area (Å²) in [5.74, 6) is -63.2. The van der Waals surface area contributed by atoms with Crippen molar-refractivity contribution in [3.8, 4) is 0 Å². The summed E-state index contributed by atoms with van der Waals surface area (Å²) in [6, 6.07) is -4.54. The lowest BCUT2D eigenvalue weighted by atomic mass is 9.86. The Hall–Kier alpha value is -2.78. The summed E-state index contributed by atoms with van der Waals surface area (Å²) in [7, 11) is 0.604. The standard InChI is InChI=1S/C19H18F17NO5/c1-11(2,3)42-10(40)37-9(7(38)5-6-8(39)41-4)12(20,21)13(22,23)14(24,25)15(26,27)16(28,29)17(30,31)18(32,33)19(34,35)36/h9H,5-6H2,1-4H3,(H,37,40). The monoisotopic (exact) mass is 663 g/mol. The number of Topliss-reactive ketones (excluding diaryl/α,β-unsaturated/α-hetero) is 1. The lowest BCUT2D eigenvalue weighted by Gasteiger charge is -2.43. The second-order valence-corrected chi connectivity index (χ2v) is 9.19. The van der Waals surface area contributed by atoms with Crippen molar-refractivity contribution in [1.82, 2.24) is 5.32 Å². The Kier molecular flexibility index (Phi) is 10.6. The maximum absolute atomic E-state index is 14.7. The molecule has 42 heavy (non-hydrogen) atoms. The molecule has 0 saturated heterocycles. The van der Waals surface area contributed by atoms with Crippen LogP contribution >= 0.6 is 0 Å². The van der Waals surface area contributed by atoms with E-state index in [0.717, 1.165) is 20.8 Å². The van der Waals surface area contributed by atoms with Crippen LogP contribution in [0.1, 0.15) is 33.6 Å². The van der Waals surface area contributed by atoms with E-state index in [9.17, 15) is 89.0 Å². The minimum absolute atomic E-state index is 0.523. The van der Waals surface area contributed by atoms with Gasteiger partial charge in [-0.3, -0.25) is 9.59 Å². The first-order valence-electron chi connectivity index (χ1n) is 10.4. The molecule has 0 aliphatic rings. The highest BCUT2D eigenvalue weighted by Crippen LogP contribution is 2.64. The molecule has 0 aliphatic heterocycles. The SMILES string of the molecule is COC(=O)CCC(=O)C(NC(=O)OC(C)(C)C)C(F)(F)C(F)(F)C(F)(F)C(F)(F)C(F)(F)C(F)(F)C(F)(F)C(F)(F)F. The second kappa shape index (κ2) is 11.4. The number of rotatable bonds is 12. The lowest BCUT2D eigenvalue weighted by molar-refractivity contribution is -0.462. The molecule has 0 aromatic heterocycles. The maximum Gasteiger partial charge on any atom is 0.460 e. The third-order valence-electron chi connectivity index (χ3n) is 4.90. The number of carbonyl (C=O) groups excluding carboxylic acids is 3. The van der Waals surface area contributed by atoms with Crippen LogP contribution in [0.4, 0.5) is 79.4 Å². The largest absolute Gasteiger partial charge is 0.469 e. The summed E-state index contributed by atoms with van der Waals surface area (Å²) in [5.41, 5.74) is -1.77. The van der Waals surface area contributed by atoms with Crippen molar-refractivity contribution in [2.45, 2.75) is 92.9 Å². The van der Waals surface area contributed by atoms with E-state index in [-0.39, 0.29) is 0 Å². The summed E-state index contributed by atoms with van der Waals surface area (Å²) in [4.78, 5) is 35.0. The molecular formula is C19H18F17NO5. The number of nitrogens with one attached hydrogen (secondary N) is 1. The Balaban J connectivity index is 7.08. The summed E-state index contributed by atoms with van der Waals surface area (Å²) < 4.78 is 239. The first-order valence-corrected chi connectivity index (χ1v) is 10.4. The smallest absolute Gasteiger partial charge is 0.460 e. The highest BCUT2D eigenvalue weighted by molar-refractivity contribution is 5.90. The molecule has 0 bridgehead atoms. The van der Waals surface area contributed by atoms with Gasteiger partial charge in [0.1, 0.15) is 5.60 Å². The number of esters is 1. The van der Waals surface area contributed by atoms with E-state index in [4.69, 9.17) is 0 Å². The lowest BCUT2D eigenvalue weighted by Crippen LogP contribution is -2.76. The van der Waals surface area contributed by atoms with E-state index in [1.54, 1.807) is 0 Å². The van der Waals surface area contributed by atoms with Crippen molar-refractivity contribution in [1.29, 1.82) is 0 Å². The molecule has 0 rings (SSSR count). The van der Waals surface area contributed by atoms with Gasteiger partial charge in [-0.15, -0.1) is 0 Å². The molecule has 1 amide bonds. The quantitative estimate of drug-likeness (QED) is 0.193. The van der Waals surface area contributed by atoms with Gasteiger partial charge < -0.3 is 14.8 Å². The number of ether oxygens (including phenoxy) is 2. The number of halogens is 17. The zero-order valence-corrected chi connectivity index (χ0v) is 21.0. The second-order valence-electron chi connectivity index (χ2n) is 9.19. The van der Waals surface area contributed by atoms with Crippen molar-refractivity contribution in [2.24, 2.45) is 0 Å². The van der Waals surface area contributed by atoms with Crippen molar-refractivity contribution in [3.05, 3.63) is 0 Å². The van der Waals surface area contributed by atoms with Gasteiger partial charge in [0.05, 0.1) is 13.5 Å². The van der Waals surface area contributed by atoms with Crippen LogP contribution in [-0.2, 0) is 19.1 Å². The van der Waals surface area contributed by atoms with Gasteiger partial charge in [0.2, 0.25) is 0 Å². The molecule has 248 valence electrons. The number of alkyl halides is 17. The van der Waals surface area contributed by atoms with Crippen LogP contribution < -0.4 is 5.32 Å². The van der Waals surface area contributed by atoms with E-state index in [2.05, 4.69) is 9.47 Å². The van der Waals surface area contributed by atoms with Gasteiger partial charge in [-0.25, -0.2) is 4.79 Å². The molecule has 0 aromatic rings. The summed E-state index contributed by atoms with van der Waals surface area (Å²) in [6.45, 7) is 2.84. The first kappa shape index (κ1) is 39.2. The molecule has 0 saturated carbocycles. The predicted molar refractivity (Wildman–Crippen MR) is 100 cm³/mol. The normalized spacial score (nSPS) is 15.6. The van der Waals surface area contributed by atoms with Crippen LogP contribution in [0.25, 0.3) is 0 Å². The summed E-state index contributed by atoms with van der Waals surface area (Å²) in [6.07, 6.45) is -13.4. The molecule has 1 atom stereocenters. The number of ketones is 1. The molecule has 0 aromatic carbocycles. The van der Waals surface area contributed by atoms with Crippen molar-refractivity contribution < 1.29 is 98.5 Å². The van der Waals surface area contributed by atoms with Crippen LogP contribution in [0.5, 0.6) is 0 Å². The fourth-order valence-electron chi connectivity index (χ4n) is 2.63. The van der Waals surface area contributed by atoms with Crippen LogP contribution in [0.3, 0.4) is 0 Å². The van der Waals surface area contributed by atoms with Crippen LogP contribution in [0.2, 0.25) is 0 Å². The van der Waals surface area contributed by atoms with Crippen molar-refractivity contribution in [3.63, 3.8) is 0 Å². The fraction of sp³-hybridized carbons (Fsp3) is 0.842. The third-order valence-corrected chi connectivity index (χ3v) is 4.90. The topological polar surface area (TPSA) is 81.7 Å². The average Bonchev–Trinajstić information content (AvgIpc) is 2.77. The number of carbonyl (C=O) groups is 3. The van der Waals surface area contributed by atoms with Gasteiger partial charge in [0.15, 0.2) is 11.8 Å². The zero-order chi connectivity index (χ0) is 34.3. The molecule has 0 radical (unpaired) electrons. The molecule has 0 spiro atoms. The van der Waals surface area contributed by atoms with Crippen LogP contribution in [0, 0.1) is 0 Å². The first-order chi connectivity index (χ1) is 18.1. The van der Waals surface area contributed by atoms with Gasteiger partial charge in [0.25, 0.3) is 0 Å². The highest BCUT2D eigenvalue weighted by atomic mass is 19.4. The molecular weight excluding hydrogens is 645 g/mol. The summed E-state index contributed by atoms with van der Waals surface area (Å²) >= 11 is 0. The van der Waals surface area contributed by atoms with E-state index in [1.165, 1.54) is 0 Å². The predicted octanol–water partition coefficient (Wildman–Crippen LogP) is 6.41. The van der Waals surface area contributed by atoms with Gasteiger partial charge in [-0.2, -0.15) is 74.6 Å². The van der Waals surface area contributed by atoms with Crippen molar-refractivity contribution in [2.75, 3.05) is 7.11 Å². The number of amides is 1. The Labute approximate surface area is 222 Å². The van der Waals surface area contributed by atoms with E-state index >= 15 is 0 Å². The molecule has 0 aliphatic carbocycles. The number of hydrogen-bond acceptors (Lipinski definition) is 5. The third kappa shape index (κ3) is 6.57. The van der Waals surface area contributed by atoms with Gasteiger partial charge in [0, 0.05) is 6.42 Å². The minimum atomic E-state index is -8.88. The minimum Gasteiger partial charge on any atom is -0.469 e. The number of alkyl carbamates (subject to hydrolysis) is 1. The van der Waals surface area contributed by atoms with Crippen LogP contribution in [0.15, 0.2) is 0 Å². The van der Waals surface area contributed by atoms with Crippen molar-refractivity contribution >= 4 is 17.8 Å². The molecule has 23 heteroatoms. The number of hydrogen-bond donors (Lipinski definition) is 1. The Morgan fingerprint density at radius 3 is 1.29 bits per heavy atom. The Bertz CT molecular complexity index is 1020. The highest BCUT2D eigenvalue weighted by Gasteiger charge is 2.95. The van der Waals surface area contributed by atoms with Crippen LogP contribution in [-0.4, -0.2) is 84.2 Å². The zero-order valence-electron chi connectivity index (χ0n) is 21.0. The fourth-order valence-corrected chi connectivity index (χ4v) is 2.63. The molecule has 0 heterocycles. The van der Waals surface area contributed by atoms with E-state index < -0.39 is 90.0 Å². The van der Waals surface area contributed by atoms with E-state index in [1.807, 2.05) is 0 Å². The average molecular weight is 663 g/mol. The summed E-state index contributed by atoms with van der Waals surface area (Å²) in [5, 5.41) is 0.523. The maximum atomic E-state index is 14.7. The molecule has 6 nitrogen and oxygen atoms in total. The van der Waals surface area contributed by atoms with E-state index in [0.29, 0.717) is 12.4 Å². The number of methoxy groups -OCH3 is 1. The molecule has 1 N–H and O–H groups in total. The van der Waals surface area contributed by atoms with Gasteiger partial charge in [-0.05, 0) is 20.8 Å². The van der Waals surface area contributed by atoms with Gasteiger partial charge >= 0.3 is 59.7 Å². The molecule has 0 fully saturated rings. The van der Waals surface area contributed by atoms with Gasteiger partial charge in [-0.1, -0.05) is 0 Å².